The van der Waals surface area contributed by atoms with Crippen LogP contribution in [0.1, 0.15) is 22.4 Å². The quantitative estimate of drug-likeness (QED) is 0.515. The molecule has 0 atom stereocenters. The number of thioether (sulfide) groups is 1. The molecule has 0 saturated carbocycles. The van der Waals surface area contributed by atoms with Crippen LogP contribution < -0.4 is 5.43 Å². The minimum atomic E-state index is 0.0736. The summed E-state index contributed by atoms with van der Waals surface area (Å²) in [5, 5.41) is 1.72. The predicted molar refractivity (Wildman–Crippen MR) is 111 cm³/mol. The van der Waals surface area contributed by atoms with Gasteiger partial charge >= 0.3 is 0 Å². The number of aryl methyl sites for hydroxylation is 2. The average molecular weight is 375 g/mol. The lowest BCUT2D eigenvalue weighted by Crippen LogP contribution is -2.07. The van der Waals surface area contributed by atoms with Crippen molar-refractivity contribution in [2.45, 2.75) is 31.3 Å². The molecular formula is C22H21N3OS. The van der Waals surface area contributed by atoms with Crippen LogP contribution in [-0.4, -0.2) is 14.5 Å². The summed E-state index contributed by atoms with van der Waals surface area (Å²) in [4.78, 5) is 20.4. The van der Waals surface area contributed by atoms with Gasteiger partial charge in [-0.15, -0.1) is 0 Å². The van der Waals surface area contributed by atoms with Crippen molar-refractivity contribution in [3.63, 3.8) is 0 Å². The van der Waals surface area contributed by atoms with Crippen molar-refractivity contribution >= 4 is 22.7 Å². The highest BCUT2D eigenvalue weighted by atomic mass is 32.2. The summed E-state index contributed by atoms with van der Waals surface area (Å²) in [6, 6.07) is 16.1. The Kier molecular flexibility index (Phi) is 4.86. The zero-order valence-electron chi connectivity index (χ0n) is 15.4. The van der Waals surface area contributed by atoms with Crippen LogP contribution in [0.5, 0.6) is 0 Å². The summed E-state index contributed by atoms with van der Waals surface area (Å²) >= 11 is 1.63. The third-order valence-electron chi connectivity index (χ3n) is 4.56. The van der Waals surface area contributed by atoms with E-state index in [2.05, 4.69) is 26.7 Å². The van der Waals surface area contributed by atoms with Crippen molar-refractivity contribution in [2.75, 3.05) is 0 Å². The Morgan fingerprint density at radius 3 is 2.74 bits per heavy atom. The Hall–Kier alpha value is -2.79. The van der Waals surface area contributed by atoms with Gasteiger partial charge in [0.1, 0.15) is 0 Å². The number of aromatic nitrogens is 3. The monoisotopic (exact) mass is 375 g/mol. The van der Waals surface area contributed by atoms with Crippen LogP contribution in [0.25, 0.3) is 10.9 Å². The predicted octanol–water partition coefficient (Wildman–Crippen LogP) is 4.68. The van der Waals surface area contributed by atoms with Crippen LogP contribution in [-0.2, 0) is 12.3 Å². The maximum atomic E-state index is 12.6. The second-order valence-electron chi connectivity index (χ2n) is 6.78. The normalized spacial score (nSPS) is 11.2. The van der Waals surface area contributed by atoms with E-state index in [0.717, 1.165) is 39.4 Å². The molecule has 27 heavy (non-hydrogen) atoms. The second-order valence-corrected chi connectivity index (χ2v) is 7.72. The maximum Gasteiger partial charge on any atom is 0.189 e. The number of H-pyrrole nitrogens is 1. The molecule has 4 nitrogen and oxygen atoms in total. The first kappa shape index (κ1) is 17.6. The molecule has 0 fully saturated rings. The lowest BCUT2D eigenvalue weighted by molar-refractivity contribution is 0.708. The number of nitrogens with zero attached hydrogens (tertiary/aromatic N) is 2. The van der Waals surface area contributed by atoms with Crippen LogP contribution in [0.15, 0.2) is 70.9 Å². The Morgan fingerprint density at radius 1 is 1.11 bits per heavy atom. The van der Waals surface area contributed by atoms with E-state index in [-0.39, 0.29) is 5.43 Å². The fourth-order valence-corrected chi connectivity index (χ4v) is 4.26. The van der Waals surface area contributed by atoms with Gasteiger partial charge in [0.15, 0.2) is 10.6 Å². The fraction of sp³-hybridized carbons (Fsp3) is 0.182. The van der Waals surface area contributed by atoms with Crippen molar-refractivity contribution in [1.82, 2.24) is 14.5 Å². The minimum absolute atomic E-state index is 0.0736. The summed E-state index contributed by atoms with van der Waals surface area (Å²) in [5.41, 5.74) is 5.30. The third-order valence-corrected chi connectivity index (χ3v) is 5.61. The second kappa shape index (κ2) is 7.45. The van der Waals surface area contributed by atoms with E-state index in [1.54, 1.807) is 17.8 Å². The molecule has 136 valence electrons. The number of imidazole rings is 1. The van der Waals surface area contributed by atoms with Crippen LogP contribution in [0.3, 0.4) is 0 Å². The molecule has 0 radical (unpaired) electrons. The van der Waals surface area contributed by atoms with E-state index in [4.69, 9.17) is 0 Å². The maximum absolute atomic E-state index is 12.6. The number of aromatic amines is 1. The molecule has 0 bridgehead atoms. The number of nitrogens with one attached hydrogen (secondary N) is 1. The summed E-state index contributed by atoms with van der Waals surface area (Å²) < 4.78 is 2.13. The van der Waals surface area contributed by atoms with Gasteiger partial charge < -0.3 is 9.55 Å². The lowest BCUT2D eigenvalue weighted by Gasteiger charge is -2.09. The molecule has 2 aromatic carbocycles. The van der Waals surface area contributed by atoms with Crippen molar-refractivity contribution < 1.29 is 0 Å². The molecule has 0 aliphatic rings. The fourth-order valence-electron chi connectivity index (χ4n) is 3.39. The zero-order chi connectivity index (χ0) is 18.8. The first-order chi connectivity index (χ1) is 13.1. The largest absolute Gasteiger partial charge is 0.357 e. The van der Waals surface area contributed by atoms with Gasteiger partial charge in [0.2, 0.25) is 0 Å². The number of rotatable bonds is 5. The topological polar surface area (TPSA) is 50.7 Å². The molecule has 4 aromatic rings. The highest BCUT2D eigenvalue weighted by Gasteiger charge is 2.09. The molecule has 1 N–H and O–H groups in total. The summed E-state index contributed by atoms with van der Waals surface area (Å²) in [7, 11) is 0. The summed E-state index contributed by atoms with van der Waals surface area (Å²) in [6.07, 6.45) is 3.81. The van der Waals surface area contributed by atoms with Crippen LogP contribution in [0.4, 0.5) is 0 Å². The Bertz CT molecular complexity index is 1150. The number of benzene rings is 2. The minimum Gasteiger partial charge on any atom is -0.357 e. The Morgan fingerprint density at radius 2 is 1.93 bits per heavy atom. The molecule has 5 heteroatoms. The summed E-state index contributed by atoms with van der Waals surface area (Å²) in [5.74, 6) is 0.671. The lowest BCUT2D eigenvalue weighted by atomic mass is 10.1. The average Bonchev–Trinajstić information content (AvgIpc) is 3.07. The molecule has 4 rings (SSSR count). The molecule has 2 aromatic heterocycles. The molecule has 0 spiro atoms. The van der Waals surface area contributed by atoms with Crippen molar-refractivity contribution in [3.05, 3.63) is 93.5 Å². The molecular weight excluding hydrogens is 354 g/mol. The van der Waals surface area contributed by atoms with E-state index in [9.17, 15) is 4.79 Å². The molecule has 2 heterocycles. The van der Waals surface area contributed by atoms with Gasteiger partial charge in [-0.1, -0.05) is 48.2 Å². The van der Waals surface area contributed by atoms with E-state index in [1.807, 2.05) is 56.6 Å². The summed E-state index contributed by atoms with van der Waals surface area (Å²) in [6.45, 7) is 4.82. The van der Waals surface area contributed by atoms with Gasteiger partial charge in [-0.3, -0.25) is 4.79 Å². The highest BCUT2D eigenvalue weighted by molar-refractivity contribution is 7.98. The zero-order valence-corrected chi connectivity index (χ0v) is 16.2. The van der Waals surface area contributed by atoms with Gasteiger partial charge in [0.25, 0.3) is 0 Å². The van der Waals surface area contributed by atoms with E-state index in [0.29, 0.717) is 5.75 Å². The smallest absolute Gasteiger partial charge is 0.189 e. The van der Waals surface area contributed by atoms with Gasteiger partial charge in [0.05, 0.1) is 5.52 Å². The van der Waals surface area contributed by atoms with Crippen LogP contribution in [0.2, 0.25) is 0 Å². The molecule has 0 aliphatic heterocycles. The van der Waals surface area contributed by atoms with Gasteiger partial charge in [0, 0.05) is 41.8 Å². The number of hydrogen-bond acceptors (Lipinski definition) is 3. The van der Waals surface area contributed by atoms with E-state index in [1.165, 1.54) is 5.56 Å². The highest BCUT2D eigenvalue weighted by Crippen LogP contribution is 2.23. The third kappa shape index (κ3) is 3.83. The number of hydrogen-bond donors (Lipinski definition) is 1. The number of fused-ring (bicyclic) bond motifs is 1. The van der Waals surface area contributed by atoms with Gasteiger partial charge in [-0.25, -0.2) is 4.98 Å². The standard InChI is InChI=1S/C22H21N3OS/c1-15-10-16(2)21-19(11-15)24-18(12-20(21)26)14-27-22-23-8-9-25(22)13-17-6-4-3-5-7-17/h3-12H,13-14H2,1-2H3,(H,24,26). The Balaban J connectivity index is 1.56. The molecule has 0 saturated heterocycles. The first-order valence-corrected chi connectivity index (χ1v) is 9.90. The van der Waals surface area contributed by atoms with Crippen LogP contribution >= 0.6 is 11.8 Å². The molecule has 0 unspecified atom stereocenters. The number of pyridine rings is 1. The van der Waals surface area contributed by atoms with Crippen molar-refractivity contribution in [3.8, 4) is 0 Å². The van der Waals surface area contributed by atoms with E-state index >= 15 is 0 Å². The SMILES string of the molecule is Cc1cc(C)c2c(=O)cc(CSc3nccn3Cc3ccccc3)[nH]c2c1. The first-order valence-electron chi connectivity index (χ1n) is 8.91. The molecule has 0 amide bonds. The molecule has 0 aliphatic carbocycles. The van der Waals surface area contributed by atoms with Crippen LogP contribution in [0, 0.1) is 13.8 Å². The van der Waals surface area contributed by atoms with Crippen molar-refractivity contribution in [2.24, 2.45) is 0 Å². The van der Waals surface area contributed by atoms with Crippen molar-refractivity contribution in [1.29, 1.82) is 0 Å². The van der Waals surface area contributed by atoms with Gasteiger partial charge in [-0.05, 0) is 36.6 Å². The Labute approximate surface area is 162 Å². The van der Waals surface area contributed by atoms with E-state index < -0.39 is 0 Å². The van der Waals surface area contributed by atoms with Gasteiger partial charge in [-0.2, -0.15) is 0 Å².